The summed E-state index contributed by atoms with van der Waals surface area (Å²) in [6, 6.07) is 15.5. The molecule has 5 rings (SSSR count). The standard InChI is InChI=1S/C27H28ClN3O3/c28-26-15-24(8-3-20(26)16-29)34-25-13-22-6-7-23(14-25)31(22)27(33)19-1-4-21(5-2-19)30-11-9-18(17-32)10-12-30/h1-5,8,15,17-18,22-23,25H,6-7,9-14H2. The normalized spacial score (nSPS) is 24.5. The van der Waals surface area contributed by atoms with E-state index in [2.05, 4.69) is 15.9 Å². The summed E-state index contributed by atoms with van der Waals surface area (Å²) in [5, 5.41) is 9.45. The third-order valence-corrected chi connectivity index (χ3v) is 7.81. The van der Waals surface area contributed by atoms with Crippen molar-refractivity contribution in [3.05, 3.63) is 58.6 Å². The SMILES string of the molecule is N#Cc1ccc(OC2CC3CCC(C2)N3C(=O)c2ccc(N3CCC(C=O)CC3)cc2)cc1Cl. The van der Waals surface area contributed by atoms with Crippen LogP contribution in [0.25, 0.3) is 0 Å². The maximum atomic E-state index is 13.4. The molecule has 0 radical (unpaired) electrons. The van der Waals surface area contributed by atoms with Crippen LogP contribution in [0.5, 0.6) is 5.75 Å². The quantitative estimate of drug-likeness (QED) is 0.576. The van der Waals surface area contributed by atoms with Crippen LogP contribution in [0.3, 0.4) is 0 Å². The van der Waals surface area contributed by atoms with Gasteiger partial charge in [-0.3, -0.25) is 4.79 Å². The zero-order valence-electron chi connectivity index (χ0n) is 19.0. The lowest BCUT2D eigenvalue weighted by Gasteiger charge is -2.39. The Morgan fingerprint density at radius 2 is 1.71 bits per heavy atom. The second kappa shape index (κ2) is 9.68. The highest BCUT2D eigenvalue weighted by molar-refractivity contribution is 6.31. The van der Waals surface area contributed by atoms with Crippen LogP contribution in [0.4, 0.5) is 5.69 Å². The fourth-order valence-corrected chi connectivity index (χ4v) is 5.88. The summed E-state index contributed by atoms with van der Waals surface area (Å²) in [6.45, 7) is 1.75. The minimum atomic E-state index is 0.0298. The third kappa shape index (κ3) is 4.50. The van der Waals surface area contributed by atoms with Crippen LogP contribution in [0.1, 0.15) is 54.4 Å². The molecule has 3 fully saturated rings. The third-order valence-electron chi connectivity index (χ3n) is 7.50. The summed E-state index contributed by atoms with van der Waals surface area (Å²) >= 11 is 6.15. The lowest BCUT2D eigenvalue weighted by atomic mass is 9.97. The first kappa shape index (κ1) is 22.7. The molecule has 3 heterocycles. The van der Waals surface area contributed by atoms with E-state index in [1.807, 2.05) is 24.3 Å². The maximum Gasteiger partial charge on any atom is 0.254 e. The van der Waals surface area contributed by atoms with E-state index in [1.54, 1.807) is 18.2 Å². The van der Waals surface area contributed by atoms with Gasteiger partial charge in [0.1, 0.15) is 24.2 Å². The number of halogens is 1. The lowest BCUT2D eigenvalue weighted by molar-refractivity contribution is -0.111. The van der Waals surface area contributed by atoms with Crippen molar-refractivity contribution in [1.29, 1.82) is 5.26 Å². The smallest absolute Gasteiger partial charge is 0.254 e. The molecule has 2 aromatic rings. The molecule has 0 aliphatic carbocycles. The van der Waals surface area contributed by atoms with E-state index in [0.29, 0.717) is 16.3 Å². The number of carbonyl (C=O) groups excluding carboxylic acids is 2. The van der Waals surface area contributed by atoms with E-state index in [1.165, 1.54) is 0 Å². The Morgan fingerprint density at radius 3 is 2.29 bits per heavy atom. The van der Waals surface area contributed by atoms with Crippen LogP contribution in [0, 0.1) is 17.2 Å². The molecule has 176 valence electrons. The van der Waals surface area contributed by atoms with E-state index in [-0.39, 0.29) is 30.0 Å². The highest BCUT2D eigenvalue weighted by Crippen LogP contribution is 2.39. The topological polar surface area (TPSA) is 73.6 Å². The van der Waals surface area contributed by atoms with E-state index < -0.39 is 0 Å². The number of rotatable bonds is 5. The number of carbonyl (C=O) groups is 2. The van der Waals surface area contributed by atoms with Crippen molar-refractivity contribution in [2.45, 2.75) is 56.7 Å². The van der Waals surface area contributed by atoms with E-state index in [9.17, 15) is 9.59 Å². The Labute approximate surface area is 205 Å². The van der Waals surface area contributed by atoms with Gasteiger partial charge in [0, 0.05) is 61.2 Å². The van der Waals surface area contributed by atoms with Gasteiger partial charge in [0.25, 0.3) is 5.91 Å². The van der Waals surface area contributed by atoms with Gasteiger partial charge in [-0.1, -0.05) is 11.6 Å². The van der Waals surface area contributed by atoms with Crippen molar-refractivity contribution in [1.82, 2.24) is 4.90 Å². The number of nitrogens with zero attached hydrogens (tertiary/aromatic N) is 3. The molecule has 1 amide bonds. The van der Waals surface area contributed by atoms with Gasteiger partial charge in [0.2, 0.25) is 0 Å². The Kier molecular flexibility index (Phi) is 6.47. The predicted octanol–water partition coefficient (Wildman–Crippen LogP) is 4.84. The Morgan fingerprint density at radius 1 is 1.03 bits per heavy atom. The molecule has 0 spiro atoms. The van der Waals surface area contributed by atoms with E-state index in [0.717, 1.165) is 69.2 Å². The van der Waals surface area contributed by atoms with Crippen molar-refractivity contribution in [3.63, 3.8) is 0 Å². The molecule has 2 aromatic carbocycles. The molecule has 7 heteroatoms. The van der Waals surface area contributed by atoms with Gasteiger partial charge in [0.15, 0.2) is 0 Å². The molecule has 0 aromatic heterocycles. The number of ether oxygens (including phenoxy) is 1. The Hall–Kier alpha value is -3.04. The summed E-state index contributed by atoms with van der Waals surface area (Å²) in [7, 11) is 0. The van der Waals surface area contributed by atoms with Crippen molar-refractivity contribution in [2.75, 3.05) is 18.0 Å². The van der Waals surface area contributed by atoms with Crippen molar-refractivity contribution in [2.24, 2.45) is 5.92 Å². The summed E-state index contributed by atoms with van der Waals surface area (Å²) in [5.41, 5.74) is 2.27. The summed E-state index contributed by atoms with van der Waals surface area (Å²) < 4.78 is 6.19. The number of piperidine rings is 2. The number of nitriles is 1. The zero-order valence-corrected chi connectivity index (χ0v) is 19.8. The molecule has 2 atom stereocenters. The molecular weight excluding hydrogens is 450 g/mol. The number of fused-ring (bicyclic) bond motifs is 2. The first-order valence-corrected chi connectivity index (χ1v) is 12.4. The molecule has 3 aliphatic heterocycles. The highest BCUT2D eigenvalue weighted by Gasteiger charge is 2.44. The highest BCUT2D eigenvalue weighted by atomic mass is 35.5. The van der Waals surface area contributed by atoms with Crippen LogP contribution in [0.2, 0.25) is 5.02 Å². The minimum absolute atomic E-state index is 0.0298. The largest absolute Gasteiger partial charge is 0.490 e. The predicted molar refractivity (Wildman–Crippen MR) is 130 cm³/mol. The second-order valence-electron chi connectivity index (χ2n) is 9.57. The van der Waals surface area contributed by atoms with Crippen molar-refractivity contribution >= 4 is 29.5 Å². The monoisotopic (exact) mass is 477 g/mol. The number of hydrogen-bond acceptors (Lipinski definition) is 5. The molecule has 34 heavy (non-hydrogen) atoms. The minimum Gasteiger partial charge on any atom is -0.490 e. The van der Waals surface area contributed by atoms with Crippen LogP contribution in [0.15, 0.2) is 42.5 Å². The van der Waals surface area contributed by atoms with Crippen LogP contribution in [-0.4, -0.2) is 48.4 Å². The number of benzene rings is 2. The Balaban J connectivity index is 1.22. The molecular formula is C27H28ClN3O3. The summed E-state index contributed by atoms with van der Waals surface area (Å²) in [4.78, 5) is 28.7. The molecule has 3 aliphatic rings. The molecule has 3 saturated heterocycles. The maximum absolute atomic E-state index is 13.4. The lowest BCUT2D eigenvalue weighted by Crippen LogP contribution is -2.49. The van der Waals surface area contributed by atoms with Gasteiger partial charge in [-0.2, -0.15) is 5.26 Å². The summed E-state index contributed by atoms with van der Waals surface area (Å²) in [5.74, 6) is 0.938. The molecule has 0 saturated carbocycles. The van der Waals surface area contributed by atoms with Gasteiger partial charge in [-0.25, -0.2) is 0 Å². The molecule has 2 bridgehead atoms. The van der Waals surface area contributed by atoms with E-state index >= 15 is 0 Å². The van der Waals surface area contributed by atoms with Gasteiger partial charge in [-0.05, 0) is 62.1 Å². The first-order chi connectivity index (χ1) is 16.6. The molecule has 0 N–H and O–H groups in total. The Bertz CT molecular complexity index is 1090. The first-order valence-electron chi connectivity index (χ1n) is 12.0. The fraction of sp³-hybridized carbons (Fsp3) is 0.444. The number of hydrogen-bond donors (Lipinski definition) is 0. The van der Waals surface area contributed by atoms with Crippen molar-refractivity contribution < 1.29 is 14.3 Å². The van der Waals surface area contributed by atoms with Crippen LogP contribution < -0.4 is 9.64 Å². The van der Waals surface area contributed by atoms with Gasteiger partial charge >= 0.3 is 0 Å². The number of amides is 1. The van der Waals surface area contributed by atoms with Gasteiger partial charge in [-0.15, -0.1) is 0 Å². The van der Waals surface area contributed by atoms with Crippen LogP contribution >= 0.6 is 11.6 Å². The number of aldehydes is 1. The van der Waals surface area contributed by atoms with E-state index in [4.69, 9.17) is 21.6 Å². The van der Waals surface area contributed by atoms with Gasteiger partial charge < -0.3 is 19.3 Å². The van der Waals surface area contributed by atoms with Gasteiger partial charge in [0.05, 0.1) is 10.6 Å². The zero-order chi connectivity index (χ0) is 23.7. The fourth-order valence-electron chi connectivity index (χ4n) is 5.66. The summed E-state index contributed by atoms with van der Waals surface area (Å²) in [6.07, 6.45) is 6.46. The molecule has 2 unspecified atom stereocenters. The average molecular weight is 478 g/mol. The molecule has 6 nitrogen and oxygen atoms in total. The second-order valence-corrected chi connectivity index (χ2v) is 9.98. The average Bonchev–Trinajstić information content (AvgIpc) is 3.14. The van der Waals surface area contributed by atoms with Crippen molar-refractivity contribution in [3.8, 4) is 11.8 Å². The number of anilines is 1. The van der Waals surface area contributed by atoms with Crippen LogP contribution in [-0.2, 0) is 4.79 Å².